The number of carbonyl (C=O) groups is 11. The molecule has 1 aliphatic rings. The van der Waals surface area contributed by atoms with Crippen LogP contribution in [0.25, 0.3) is 0 Å². The fraction of sp³-hybridized carbons (Fsp3) is 0.838. The summed E-state index contributed by atoms with van der Waals surface area (Å²) in [4.78, 5) is 164. The molecule has 0 saturated carbocycles. The second-order valence-corrected chi connectivity index (χ2v) is 29.0. The summed E-state index contributed by atoms with van der Waals surface area (Å²) < 4.78 is 43.0. The monoisotopic (exact) mass is 1360 g/mol. The van der Waals surface area contributed by atoms with E-state index < -0.39 is 149 Å². The van der Waals surface area contributed by atoms with Crippen molar-refractivity contribution in [3.8, 4) is 0 Å². The number of likely N-dealkylation sites (N-methyl/N-ethyl adjacent to an activating group) is 7. The molecular formula is C68H123F3N12O12. The Bertz CT molecular complexity index is 2520. The van der Waals surface area contributed by atoms with Crippen molar-refractivity contribution in [3.05, 3.63) is 0 Å². The minimum Gasteiger partial charge on any atom is -0.390 e. The summed E-state index contributed by atoms with van der Waals surface area (Å²) in [7, 11) is 9.92. The lowest BCUT2D eigenvalue weighted by Gasteiger charge is -2.43. The van der Waals surface area contributed by atoms with Crippen LogP contribution in [0.4, 0.5) is 13.2 Å². The smallest absolute Gasteiger partial charge is 0.390 e. The highest BCUT2D eigenvalue weighted by molar-refractivity contribution is 6.02. The Kier molecular flexibility index (Phi) is 36.7. The first-order valence-corrected chi connectivity index (χ1v) is 34.2. The number of nitrogens with one attached hydrogen (secondary N) is 5. The maximum Gasteiger partial charge on any atom is 0.404 e. The normalized spacial score (nSPS) is 18.5. The summed E-state index contributed by atoms with van der Waals surface area (Å²) in [6.45, 7) is 29.7. The van der Waals surface area contributed by atoms with Gasteiger partial charge in [-0.25, -0.2) is 0 Å². The first kappa shape index (κ1) is 87.5. The van der Waals surface area contributed by atoms with E-state index in [0.717, 1.165) is 14.7 Å². The van der Waals surface area contributed by atoms with Crippen molar-refractivity contribution in [3.63, 3.8) is 0 Å². The summed E-state index contributed by atoms with van der Waals surface area (Å²) in [6.07, 6.45) is -3.03. The second-order valence-electron chi connectivity index (χ2n) is 29.0. The van der Waals surface area contributed by atoms with Crippen LogP contribution in [0.5, 0.6) is 0 Å². The first-order valence-electron chi connectivity index (χ1n) is 34.2. The molecule has 548 valence electrons. The molecule has 0 aromatic rings. The van der Waals surface area contributed by atoms with E-state index in [2.05, 4.69) is 26.6 Å². The summed E-state index contributed by atoms with van der Waals surface area (Å²) in [5.74, 6) is -8.46. The third-order valence-corrected chi connectivity index (χ3v) is 18.7. The molecule has 3 unspecified atom stereocenters. The molecule has 1 fully saturated rings. The number of alkyl halides is 3. The van der Waals surface area contributed by atoms with E-state index in [1.807, 2.05) is 55.4 Å². The standard InChI is InChI=1S/C68H123F3N12O12/c1-25-49(63(92)77(19)48(17)62(91)82(24)67(38-85,36-42(8)9)76-51(37-84)43(10)11)74-60(89)56(57(86)45(14)31-33-83-32-27-26-28-54(83)68(69,70)71)80(22)66(95)55(44(12)13)79(21)64(93)52(30-29-39(2)3)78(20)53(35-41(6)7)65(94)81(23)61(90)47(16)73-46(15)58(87)75-59(88)50(72-18)34-40(4)5/h37-57,72-73,76,86H,25-36H2,1-24H3,(H,74,89)(H,75,87,88)/t45-,46-,47+,48-,49-,50?,51-,52+,53-,54?,55+,56-,57-,67?/m1/s1. The number of imide groups is 2. The van der Waals surface area contributed by atoms with Crippen molar-refractivity contribution in [2.45, 2.75) is 266 Å². The molecule has 0 aromatic carbocycles. The quantitative estimate of drug-likeness (QED) is 0.0354. The van der Waals surface area contributed by atoms with Gasteiger partial charge in [0.25, 0.3) is 0 Å². The SMILES string of the molecule is CC[C@@H](NC(=O)[C@@H]([C@H](O)[C@H](C)CCN1CCCCC1C(F)(F)F)N(C)C(=O)[C@H](C(C)C)N(C)C(=O)[C@H](CCC(C)C)N(C)[C@H](CC(C)C)C(=O)N(C)C(=O)[C@H](C)N[C@H](C)C(=O)NC(=O)C(CC(C)C)NC)C(=O)N(C)[C@H](C)C(=O)N(C)C(C=O)(CC(C)C)N[C@H](C=O)C(C)C. The third-order valence-electron chi connectivity index (χ3n) is 18.7. The summed E-state index contributed by atoms with van der Waals surface area (Å²) in [5, 5.41) is 26.4. The van der Waals surface area contributed by atoms with Crippen LogP contribution < -0.4 is 26.6 Å². The lowest BCUT2D eigenvalue weighted by molar-refractivity contribution is -0.191. The minimum absolute atomic E-state index is 0.0495. The van der Waals surface area contributed by atoms with Crippen LogP contribution in [-0.2, 0) is 52.7 Å². The molecule has 1 aliphatic heterocycles. The highest BCUT2D eigenvalue weighted by atomic mass is 19.4. The van der Waals surface area contributed by atoms with Crippen LogP contribution in [0.3, 0.4) is 0 Å². The van der Waals surface area contributed by atoms with Gasteiger partial charge in [-0.05, 0) is 147 Å². The number of aldehydes is 2. The van der Waals surface area contributed by atoms with Gasteiger partial charge in [-0.2, -0.15) is 13.2 Å². The van der Waals surface area contributed by atoms with Gasteiger partial charge in [0.05, 0.1) is 42.4 Å². The summed E-state index contributed by atoms with van der Waals surface area (Å²) >= 11 is 0. The van der Waals surface area contributed by atoms with Gasteiger partial charge in [0.15, 0.2) is 11.9 Å². The van der Waals surface area contributed by atoms with Gasteiger partial charge < -0.3 is 40.1 Å². The lowest BCUT2D eigenvalue weighted by atomic mass is 9.90. The van der Waals surface area contributed by atoms with Crippen molar-refractivity contribution >= 4 is 65.7 Å². The zero-order chi connectivity index (χ0) is 73.6. The number of likely N-dealkylation sites (tertiary alicyclic amines) is 1. The Morgan fingerprint density at radius 3 is 1.64 bits per heavy atom. The largest absolute Gasteiger partial charge is 0.404 e. The Hall–Kier alpha value is -5.48. The number of piperidine rings is 1. The number of halogens is 3. The van der Waals surface area contributed by atoms with E-state index in [9.17, 15) is 56.6 Å². The summed E-state index contributed by atoms with van der Waals surface area (Å²) in [5.41, 5.74) is -1.67. The molecule has 9 amide bonds. The average Bonchev–Trinajstić information content (AvgIpc) is 0.805. The fourth-order valence-corrected chi connectivity index (χ4v) is 12.4. The molecule has 14 atom stereocenters. The number of aliphatic hydroxyl groups excluding tert-OH is 1. The summed E-state index contributed by atoms with van der Waals surface area (Å²) in [6, 6.07) is -13.4. The average molecular weight is 1360 g/mol. The zero-order valence-corrected chi connectivity index (χ0v) is 61.8. The molecular weight excluding hydrogens is 1230 g/mol. The highest BCUT2D eigenvalue weighted by Gasteiger charge is 2.48. The van der Waals surface area contributed by atoms with Crippen LogP contribution >= 0.6 is 0 Å². The minimum atomic E-state index is -4.52. The van der Waals surface area contributed by atoms with Gasteiger partial charge in [0, 0.05) is 35.2 Å². The van der Waals surface area contributed by atoms with Gasteiger partial charge >= 0.3 is 6.18 Å². The number of nitrogens with zero attached hydrogens (tertiary/aromatic N) is 7. The predicted molar refractivity (Wildman–Crippen MR) is 360 cm³/mol. The molecule has 0 aliphatic carbocycles. The number of hydrogen-bond acceptors (Lipinski definition) is 17. The van der Waals surface area contributed by atoms with Gasteiger partial charge in [-0.15, -0.1) is 0 Å². The number of carbonyl (C=O) groups excluding carboxylic acids is 11. The Morgan fingerprint density at radius 1 is 0.600 bits per heavy atom. The molecule has 0 radical (unpaired) electrons. The molecule has 6 N–H and O–H groups in total. The molecule has 1 saturated heterocycles. The van der Waals surface area contributed by atoms with Crippen LogP contribution in [0.1, 0.15) is 182 Å². The van der Waals surface area contributed by atoms with Crippen LogP contribution in [0.2, 0.25) is 0 Å². The van der Waals surface area contributed by atoms with Crippen LogP contribution in [0.15, 0.2) is 0 Å². The van der Waals surface area contributed by atoms with E-state index >= 15 is 14.4 Å². The van der Waals surface area contributed by atoms with E-state index in [-0.39, 0.29) is 81.2 Å². The van der Waals surface area contributed by atoms with Gasteiger partial charge in [0.1, 0.15) is 36.5 Å². The zero-order valence-electron chi connectivity index (χ0n) is 61.8. The predicted octanol–water partition coefficient (Wildman–Crippen LogP) is 4.83. The van der Waals surface area contributed by atoms with Gasteiger partial charge in [-0.3, -0.25) is 78.6 Å². The molecule has 27 heteroatoms. The van der Waals surface area contributed by atoms with Crippen molar-refractivity contribution in [1.29, 1.82) is 0 Å². The topological polar surface area (TPSA) is 291 Å². The second kappa shape index (κ2) is 39.8. The van der Waals surface area contributed by atoms with Gasteiger partial charge in [-0.1, -0.05) is 103 Å². The van der Waals surface area contributed by atoms with E-state index in [1.54, 1.807) is 60.5 Å². The first-order chi connectivity index (χ1) is 43.8. The Balaban J connectivity index is 3.95. The molecule has 0 bridgehead atoms. The van der Waals surface area contributed by atoms with Crippen molar-refractivity contribution in [2.75, 3.05) is 62.4 Å². The fourth-order valence-electron chi connectivity index (χ4n) is 12.4. The maximum absolute atomic E-state index is 15.5. The van der Waals surface area contributed by atoms with E-state index in [0.29, 0.717) is 38.3 Å². The molecule has 0 aromatic heterocycles. The van der Waals surface area contributed by atoms with Crippen molar-refractivity contribution in [1.82, 2.24) is 60.9 Å². The molecule has 1 rings (SSSR count). The van der Waals surface area contributed by atoms with Crippen molar-refractivity contribution < 1.29 is 71.0 Å². The maximum atomic E-state index is 15.5. The number of aliphatic hydroxyl groups is 1. The number of rotatable bonds is 40. The Labute approximate surface area is 565 Å². The van der Waals surface area contributed by atoms with Gasteiger partial charge in [0.2, 0.25) is 53.2 Å². The molecule has 1 heterocycles. The molecule has 95 heavy (non-hydrogen) atoms. The van der Waals surface area contributed by atoms with E-state index in [1.165, 1.54) is 70.7 Å². The number of hydrogen-bond donors (Lipinski definition) is 6. The number of amides is 9. The van der Waals surface area contributed by atoms with Crippen LogP contribution in [-0.4, -0.2) is 252 Å². The van der Waals surface area contributed by atoms with Crippen LogP contribution in [0, 0.1) is 41.4 Å². The van der Waals surface area contributed by atoms with Crippen molar-refractivity contribution in [2.24, 2.45) is 41.4 Å². The Morgan fingerprint density at radius 2 is 1.17 bits per heavy atom. The third kappa shape index (κ3) is 25.1. The molecule has 0 spiro atoms. The lowest BCUT2D eigenvalue weighted by Crippen LogP contribution is -2.67. The van der Waals surface area contributed by atoms with E-state index in [4.69, 9.17) is 0 Å². The molecule has 24 nitrogen and oxygen atoms in total. The highest BCUT2D eigenvalue weighted by Crippen LogP contribution is 2.33.